The molecular weight excluding hydrogens is 316 g/mol. The maximum Gasteiger partial charge on any atom is 0.330 e. The summed E-state index contributed by atoms with van der Waals surface area (Å²) < 4.78 is 6.26. The van der Waals surface area contributed by atoms with Gasteiger partial charge < -0.3 is 4.74 Å². The second-order valence-electron chi connectivity index (χ2n) is 5.60. The number of aromatic nitrogens is 2. The number of carbonyl (C=O) groups excluding carboxylic acids is 1. The van der Waals surface area contributed by atoms with Gasteiger partial charge in [-0.15, -0.1) is 0 Å². The Kier molecular flexibility index (Phi) is 4.75. The highest BCUT2D eigenvalue weighted by atomic mass is 16.5. The lowest BCUT2D eigenvalue weighted by atomic mass is 10.1. The van der Waals surface area contributed by atoms with Gasteiger partial charge in [0.1, 0.15) is 0 Å². The summed E-state index contributed by atoms with van der Waals surface area (Å²) in [6, 6.07) is 12.9. The molecule has 0 amide bonds. The van der Waals surface area contributed by atoms with Gasteiger partial charge in [0.15, 0.2) is 0 Å². The summed E-state index contributed by atoms with van der Waals surface area (Å²) in [6.07, 6.45) is 4.66. The van der Waals surface area contributed by atoms with E-state index in [9.17, 15) is 9.59 Å². The molecule has 126 valence electrons. The van der Waals surface area contributed by atoms with E-state index in [1.165, 1.54) is 10.8 Å². The second kappa shape index (κ2) is 7.13. The van der Waals surface area contributed by atoms with Crippen molar-refractivity contribution in [3.63, 3.8) is 0 Å². The first-order valence-corrected chi connectivity index (χ1v) is 8.03. The molecule has 0 aliphatic carbocycles. The third kappa shape index (κ3) is 3.50. The first kappa shape index (κ1) is 16.6. The van der Waals surface area contributed by atoms with Crippen LogP contribution >= 0.6 is 0 Å². The molecule has 3 rings (SSSR count). The lowest BCUT2D eigenvalue weighted by Gasteiger charge is -2.10. The SMILES string of the molecule is CCOC(=O)/C=C/c1cc(C)ccc1-n1ncc2ccccc2c1=O. The van der Waals surface area contributed by atoms with Crippen molar-refractivity contribution in [2.45, 2.75) is 13.8 Å². The fraction of sp³-hybridized carbons (Fsp3) is 0.150. The van der Waals surface area contributed by atoms with Crippen LogP contribution in [0.4, 0.5) is 0 Å². The van der Waals surface area contributed by atoms with Crippen molar-refractivity contribution in [3.05, 3.63) is 76.2 Å². The minimum Gasteiger partial charge on any atom is -0.463 e. The van der Waals surface area contributed by atoms with Crippen LogP contribution in [-0.4, -0.2) is 22.4 Å². The monoisotopic (exact) mass is 334 g/mol. The van der Waals surface area contributed by atoms with Crippen molar-refractivity contribution in [2.24, 2.45) is 0 Å². The Labute approximate surface area is 145 Å². The number of benzene rings is 2. The first-order chi connectivity index (χ1) is 12.1. The van der Waals surface area contributed by atoms with Gasteiger partial charge in [-0.25, -0.2) is 4.79 Å². The highest BCUT2D eigenvalue weighted by molar-refractivity contribution is 5.88. The van der Waals surface area contributed by atoms with E-state index >= 15 is 0 Å². The minimum absolute atomic E-state index is 0.201. The zero-order chi connectivity index (χ0) is 17.8. The van der Waals surface area contributed by atoms with Crippen molar-refractivity contribution >= 4 is 22.8 Å². The Morgan fingerprint density at radius 1 is 1.24 bits per heavy atom. The topological polar surface area (TPSA) is 61.2 Å². The minimum atomic E-state index is -0.422. The van der Waals surface area contributed by atoms with E-state index in [1.54, 1.807) is 25.3 Å². The largest absolute Gasteiger partial charge is 0.463 e. The highest BCUT2D eigenvalue weighted by Gasteiger charge is 2.09. The van der Waals surface area contributed by atoms with Gasteiger partial charge in [-0.05, 0) is 38.1 Å². The number of hydrogen-bond acceptors (Lipinski definition) is 4. The summed E-state index contributed by atoms with van der Waals surface area (Å²) in [7, 11) is 0. The van der Waals surface area contributed by atoms with Crippen LogP contribution in [0, 0.1) is 6.92 Å². The first-order valence-electron chi connectivity index (χ1n) is 8.03. The summed E-state index contributed by atoms with van der Waals surface area (Å²) >= 11 is 0. The van der Waals surface area contributed by atoms with Gasteiger partial charge >= 0.3 is 5.97 Å². The van der Waals surface area contributed by atoms with Crippen molar-refractivity contribution in [2.75, 3.05) is 6.61 Å². The number of ether oxygens (including phenoxy) is 1. The smallest absolute Gasteiger partial charge is 0.330 e. The van der Waals surface area contributed by atoms with Crippen LogP contribution in [0.15, 0.2) is 59.5 Å². The Hall–Kier alpha value is -3.21. The third-order valence-electron chi connectivity index (χ3n) is 3.79. The molecule has 0 atom stereocenters. The summed E-state index contributed by atoms with van der Waals surface area (Å²) in [6.45, 7) is 4.01. The van der Waals surface area contributed by atoms with Gasteiger partial charge in [0.25, 0.3) is 5.56 Å². The predicted octanol–water partition coefficient (Wildman–Crippen LogP) is 3.27. The molecule has 0 spiro atoms. The molecule has 0 aliphatic heterocycles. The predicted molar refractivity (Wildman–Crippen MR) is 97.7 cm³/mol. The van der Waals surface area contributed by atoms with Crippen LogP contribution in [-0.2, 0) is 9.53 Å². The molecule has 5 nitrogen and oxygen atoms in total. The molecule has 0 saturated heterocycles. The van der Waals surface area contributed by atoms with E-state index < -0.39 is 5.97 Å². The number of nitrogens with zero attached hydrogens (tertiary/aromatic N) is 2. The van der Waals surface area contributed by atoms with Crippen LogP contribution in [0.1, 0.15) is 18.1 Å². The van der Waals surface area contributed by atoms with Crippen molar-refractivity contribution < 1.29 is 9.53 Å². The van der Waals surface area contributed by atoms with E-state index in [1.807, 2.05) is 43.3 Å². The molecule has 0 unspecified atom stereocenters. The summed E-state index contributed by atoms with van der Waals surface area (Å²) in [4.78, 5) is 24.4. The van der Waals surface area contributed by atoms with Crippen LogP contribution < -0.4 is 5.56 Å². The number of aryl methyl sites for hydroxylation is 1. The second-order valence-corrected chi connectivity index (χ2v) is 5.60. The standard InChI is InChI=1S/C20H18N2O3/c1-3-25-19(23)11-9-15-12-14(2)8-10-18(15)22-20(24)17-7-5-4-6-16(17)13-21-22/h4-13H,3H2,1-2H3/b11-9+. The maximum atomic E-state index is 12.8. The molecule has 0 aliphatic rings. The lowest BCUT2D eigenvalue weighted by molar-refractivity contribution is -0.137. The Balaban J connectivity index is 2.13. The fourth-order valence-electron chi connectivity index (χ4n) is 2.61. The summed E-state index contributed by atoms with van der Waals surface area (Å²) in [5.74, 6) is -0.422. The molecular formula is C20H18N2O3. The normalized spacial score (nSPS) is 11.1. The fourth-order valence-corrected chi connectivity index (χ4v) is 2.61. The molecule has 25 heavy (non-hydrogen) atoms. The van der Waals surface area contributed by atoms with E-state index in [0.717, 1.165) is 16.5 Å². The van der Waals surface area contributed by atoms with Crippen LogP contribution in [0.2, 0.25) is 0 Å². The Bertz CT molecular complexity index is 1020. The van der Waals surface area contributed by atoms with Crippen LogP contribution in [0.25, 0.3) is 22.5 Å². The van der Waals surface area contributed by atoms with E-state index in [4.69, 9.17) is 4.74 Å². The zero-order valence-electron chi connectivity index (χ0n) is 14.1. The molecule has 0 bridgehead atoms. The van der Waals surface area contributed by atoms with Gasteiger partial charge in [-0.3, -0.25) is 4.79 Å². The molecule has 0 saturated carbocycles. The molecule has 0 N–H and O–H groups in total. The molecule has 2 aromatic carbocycles. The number of esters is 1. The number of rotatable bonds is 4. The quantitative estimate of drug-likeness (QED) is 0.543. The molecule has 0 fully saturated rings. The van der Waals surface area contributed by atoms with Gasteiger partial charge in [0.2, 0.25) is 0 Å². The van der Waals surface area contributed by atoms with Gasteiger partial charge in [0, 0.05) is 17.0 Å². The van der Waals surface area contributed by atoms with Crippen LogP contribution in [0.3, 0.4) is 0 Å². The van der Waals surface area contributed by atoms with Crippen LogP contribution in [0.5, 0.6) is 0 Å². The van der Waals surface area contributed by atoms with Gasteiger partial charge in [0.05, 0.1) is 23.9 Å². The Morgan fingerprint density at radius 3 is 2.84 bits per heavy atom. The van der Waals surface area contributed by atoms with Gasteiger partial charge in [-0.1, -0.05) is 29.8 Å². The molecule has 5 heteroatoms. The maximum absolute atomic E-state index is 12.8. The highest BCUT2D eigenvalue weighted by Crippen LogP contribution is 2.17. The van der Waals surface area contributed by atoms with E-state index in [-0.39, 0.29) is 5.56 Å². The average Bonchev–Trinajstić information content (AvgIpc) is 2.61. The zero-order valence-corrected chi connectivity index (χ0v) is 14.1. The molecule has 1 aromatic heterocycles. The van der Waals surface area contributed by atoms with Gasteiger partial charge in [-0.2, -0.15) is 9.78 Å². The summed E-state index contributed by atoms with van der Waals surface area (Å²) in [5, 5.41) is 5.67. The number of fused-ring (bicyclic) bond motifs is 1. The molecule has 1 heterocycles. The molecule has 3 aromatic rings. The Morgan fingerprint density at radius 2 is 2.04 bits per heavy atom. The average molecular weight is 334 g/mol. The third-order valence-corrected chi connectivity index (χ3v) is 3.79. The van der Waals surface area contributed by atoms with Crippen molar-refractivity contribution in [3.8, 4) is 5.69 Å². The number of hydrogen-bond donors (Lipinski definition) is 0. The lowest BCUT2D eigenvalue weighted by Crippen LogP contribution is -2.21. The van der Waals surface area contributed by atoms with E-state index in [2.05, 4.69) is 5.10 Å². The van der Waals surface area contributed by atoms with Crippen molar-refractivity contribution in [1.29, 1.82) is 0 Å². The van der Waals surface area contributed by atoms with E-state index in [0.29, 0.717) is 17.7 Å². The molecule has 0 radical (unpaired) electrons. The number of carbonyl (C=O) groups is 1. The summed E-state index contributed by atoms with van der Waals surface area (Å²) in [5.41, 5.74) is 2.15. The van der Waals surface area contributed by atoms with Crippen molar-refractivity contribution in [1.82, 2.24) is 9.78 Å².